The summed E-state index contributed by atoms with van der Waals surface area (Å²) in [5.74, 6) is 2.31. The number of likely N-dealkylation sites (N-methyl/N-ethyl adjacent to an activating group) is 1. The first-order chi connectivity index (χ1) is 12.2. The Kier molecular flexibility index (Phi) is 7.80. The predicted octanol–water partition coefficient (Wildman–Crippen LogP) is 4.76. The van der Waals surface area contributed by atoms with Gasteiger partial charge >= 0.3 is 0 Å². The molecule has 0 aliphatic carbocycles. The van der Waals surface area contributed by atoms with Crippen LogP contribution >= 0.6 is 0 Å². The zero-order valence-corrected chi connectivity index (χ0v) is 16.0. The highest BCUT2D eigenvalue weighted by Gasteiger charge is 2.12. The molecule has 0 aliphatic heterocycles. The molecule has 0 heterocycles. The Hall–Kier alpha value is -2.00. The fraction of sp³-hybridized carbons (Fsp3) is 0.455. The average Bonchev–Trinajstić information content (AvgIpc) is 2.66. The van der Waals surface area contributed by atoms with Crippen molar-refractivity contribution >= 4 is 0 Å². The minimum absolute atomic E-state index is 0.401. The van der Waals surface area contributed by atoms with Gasteiger partial charge in [-0.3, -0.25) is 0 Å². The molecule has 0 fully saturated rings. The normalized spacial score (nSPS) is 12.2. The lowest BCUT2D eigenvalue weighted by Crippen LogP contribution is -2.28. The van der Waals surface area contributed by atoms with Gasteiger partial charge in [0.25, 0.3) is 0 Å². The monoisotopic (exact) mass is 341 g/mol. The van der Waals surface area contributed by atoms with Gasteiger partial charge in [0.1, 0.15) is 18.1 Å². The Morgan fingerprint density at radius 3 is 2.28 bits per heavy atom. The average molecular weight is 341 g/mol. The lowest BCUT2D eigenvalue weighted by molar-refractivity contribution is 0.221. The van der Waals surface area contributed by atoms with Crippen LogP contribution in [0.3, 0.4) is 0 Å². The Bertz CT molecular complexity index is 620. The molecule has 136 valence electrons. The van der Waals surface area contributed by atoms with Crippen LogP contribution in [0, 0.1) is 0 Å². The summed E-state index contributed by atoms with van der Waals surface area (Å²) in [6.45, 7) is 10.5. The second kappa shape index (κ2) is 10.1. The smallest absolute Gasteiger partial charge is 0.122 e. The van der Waals surface area contributed by atoms with Crippen molar-refractivity contribution in [2.45, 2.75) is 33.1 Å². The lowest BCUT2D eigenvalue weighted by atomic mass is 9.93. The Labute approximate surface area is 152 Å². The first kappa shape index (κ1) is 19.3. The van der Waals surface area contributed by atoms with Gasteiger partial charge in [0.15, 0.2) is 0 Å². The van der Waals surface area contributed by atoms with E-state index in [4.69, 9.17) is 9.47 Å². The van der Waals surface area contributed by atoms with Gasteiger partial charge in [-0.1, -0.05) is 51.1 Å². The number of nitrogens with zero attached hydrogens (tertiary/aromatic N) is 1. The summed E-state index contributed by atoms with van der Waals surface area (Å²) in [7, 11) is 1.70. The van der Waals surface area contributed by atoms with Gasteiger partial charge in [0.2, 0.25) is 0 Å². The van der Waals surface area contributed by atoms with Crippen molar-refractivity contribution in [2.24, 2.45) is 0 Å². The molecule has 0 saturated carbocycles. The highest BCUT2D eigenvalue weighted by atomic mass is 16.5. The highest BCUT2D eigenvalue weighted by molar-refractivity contribution is 5.37. The number of benzene rings is 2. The van der Waals surface area contributed by atoms with Crippen LogP contribution in [0.5, 0.6) is 11.5 Å². The molecule has 0 bridgehead atoms. The van der Waals surface area contributed by atoms with Crippen molar-refractivity contribution in [3.8, 4) is 11.5 Å². The summed E-state index contributed by atoms with van der Waals surface area (Å²) in [6.07, 6.45) is 0.987. The van der Waals surface area contributed by atoms with E-state index in [0.29, 0.717) is 5.92 Å². The summed E-state index contributed by atoms with van der Waals surface area (Å²) >= 11 is 0. The second-order valence-electron chi connectivity index (χ2n) is 6.37. The molecule has 3 nitrogen and oxygen atoms in total. The molecule has 0 amide bonds. The highest BCUT2D eigenvalue weighted by Crippen LogP contribution is 2.29. The molecule has 25 heavy (non-hydrogen) atoms. The van der Waals surface area contributed by atoms with Crippen LogP contribution in [-0.2, 0) is 6.42 Å². The summed E-state index contributed by atoms with van der Waals surface area (Å²) in [6, 6.07) is 16.7. The minimum atomic E-state index is 0.401. The molecule has 0 spiro atoms. The standard InChI is InChI=1S/C22H31NO2/c1-5-23(6-2)15-16-25-22-10-8-7-9-21(22)18(3)17-19-11-13-20(24-4)14-12-19/h7-14,18H,5-6,15-17H2,1-4H3. The summed E-state index contributed by atoms with van der Waals surface area (Å²) in [4.78, 5) is 2.38. The van der Waals surface area contributed by atoms with Gasteiger partial charge in [-0.2, -0.15) is 0 Å². The number of hydrogen-bond donors (Lipinski definition) is 0. The molecule has 1 atom stereocenters. The molecule has 0 saturated heterocycles. The maximum Gasteiger partial charge on any atom is 0.122 e. The van der Waals surface area contributed by atoms with Gasteiger partial charge in [-0.15, -0.1) is 0 Å². The van der Waals surface area contributed by atoms with E-state index in [9.17, 15) is 0 Å². The molecule has 2 aromatic carbocycles. The molecular formula is C22H31NO2. The van der Waals surface area contributed by atoms with E-state index < -0.39 is 0 Å². The van der Waals surface area contributed by atoms with Gasteiger partial charge in [0, 0.05) is 6.54 Å². The van der Waals surface area contributed by atoms with Crippen LogP contribution < -0.4 is 9.47 Å². The van der Waals surface area contributed by atoms with Crippen molar-refractivity contribution in [2.75, 3.05) is 33.4 Å². The van der Waals surface area contributed by atoms with Crippen LogP contribution in [-0.4, -0.2) is 38.3 Å². The number of rotatable bonds is 10. The molecule has 0 aliphatic rings. The van der Waals surface area contributed by atoms with E-state index in [1.807, 2.05) is 12.1 Å². The summed E-state index contributed by atoms with van der Waals surface area (Å²) < 4.78 is 11.3. The third-order valence-corrected chi connectivity index (χ3v) is 4.71. The number of hydrogen-bond acceptors (Lipinski definition) is 3. The van der Waals surface area contributed by atoms with E-state index >= 15 is 0 Å². The van der Waals surface area contributed by atoms with Crippen molar-refractivity contribution in [1.82, 2.24) is 4.90 Å². The molecule has 2 aromatic rings. The van der Waals surface area contributed by atoms with E-state index in [2.05, 4.69) is 62.1 Å². The Morgan fingerprint density at radius 2 is 1.64 bits per heavy atom. The topological polar surface area (TPSA) is 21.7 Å². The second-order valence-corrected chi connectivity index (χ2v) is 6.37. The van der Waals surface area contributed by atoms with Crippen molar-refractivity contribution in [3.05, 3.63) is 59.7 Å². The molecule has 2 rings (SSSR count). The quantitative estimate of drug-likeness (QED) is 0.622. The van der Waals surface area contributed by atoms with Gasteiger partial charge in [-0.05, 0) is 54.8 Å². The number of para-hydroxylation sites is 1. The van der Waals surface area contributed by atoms with Gasteiger partial charge in [0.05, 0.1) is 7.11 Å². The Balaban J connectivity index is 2.00. The van der Waals surface area contributed by atoms with E-state index in [1.54, 1.807) is 7.11 Å². The molecule has 0 N–H and O–H groups in total. The maximum atomic E-state index is 6.10. The number of ether oxygens (including phenoxy) is 2. The number of methoxy groups -OCH3 is 1. The van der Waals surface area contributed by atoms with E-state index in [-0.39, 0.29) is 0 Å². The SMILES string of the molecule is CCN(CC)CCOc1ccccc1C(C)Cc1ccc(OC)cc1. The molecule has 0 radical (unpaired) electrons. The van der Waals surface area contributed by atoms with E-state index in [0.717, 1.165) is 44.2 Å². The molecule has 1 unspecified atom stereocenters. The van der Waals surface area contributed by atoms with Crippen LogP contribution in [0.25, 0.3) is 0 Å². The lowest BCUT2D eigenvalue weighted by Gasteiger charge is -2.20. The Morgan fingerprint density at radius 1 is 0.960 bits per heavy atom. The van der Waals surface area contributed by atoms with Crippen LogP contribution in [0.4, 0.5) is 0 Å². The first-order valence-electron chi connectivity index (χ1n) is 9.24. The zero-order chi connectivity index (χ0) is 18.1. The largest absolute Gasteiger partial charge is 0.497 e. The third-order valence-electron chi connectivity index (χ3n) is 4.71. The first-order valence-corrected chi connectivity index (χ1v) is 9.24. The third kappa shape index (κ3) is 5.79. The zero-order valence-electron chi connectivity index (χ0n) is 16.0. The molecule has 3 heteroatoms. The maximum absolute atomic E-state index is 6.10. The van der Waals surface area contributed by atoms with Gasteiger partial charge in [-0.25, -0.2) is 0 Å². The van der Waals surface area contributed by atoms with Crippen LogP contribution in [0.2, 0.25) is 0 Å². The minimum Gasteiger partial charge on any atom is -0.497 e. The van der Waals surface area contributed by atoms with Gasteiger partial charge < -0.3 is 14.4 Å². The molecule has 0 aromatic heterocycles. The van der Waals surface area contributed by atoms with Crippen molar-refractivity contribution < 1.29 is 9.47 Å². The van der Waals surface area contributed by atoms with Crippen LogP contribution in [0.1, 0.15) is 37.8 Å². The fourth-order valence-electron chi connectivity index (χ4n) is 3.07. The molecular weight excluding hydrogens is 310 g/mol. The van der Waals surface area contributed by atoms with Crippen LogP contribution in [0.15, 0.2) is 48.5 Å². The van der Waals surface area contributed by atoms with Crippen molar-refractivity contribution in [1.29, 1.82) is 0 Å². The van der Waals surface area contributed by atoms with E-state index in [1.165, 1.54) is 11.1 Å². The fourth-order valence-corrected chi connectivity index (χ4v) is 3.07. The predicted molar refractivity (Wildman–Crippen MR) is 105 cm³/mol. The van der Waals surface area contributed by atoms with Crippen molar-refractivity contribution in [3.63, 3.8) is 0 Å². The summed E-state index contributed by atoms with van der Waals surface area (Å²) in [5.41, 5.74) is 2.59. The summed E-state index contributed by atoms with van der Waals surface area (Å²) in [5, 5.41) is 0.